The van der Waals surface area contributed by atoms with Gasteiger partial charge >= 0.3 is 0 Å². The number of amides is 1. The summed E-state index contributed by atoms with van der Waals surface area (Å²) in [6, 6.07) is 28.0. The fraction of sp³-hybridized carbons (Fsp3) is 0.125. The summed E-state index contributed by atoms with van der Waals surface area (Å²) >= 11 is 0. The molecule has 0 saturated carbocycles. The van der Waals surface area contributed by atoms with Crippen molar-refractivity contribution >= 4 is 43.0 Å². The molecule has 0 aliphatic rings. The molecule has 2 N–H and O–H groups in total. The first kappa shape index (κ1) is 32.1. The van der Waals surface area contributed by atoms with Crippen LogP contribution in [0.5, 0.6) is 5.75 Å². The highest BCUT2D eigenvalue weighted by molar-refractivity contribution is 7.93. The van der Waals surface area contributed by atoms with E-state index in [1.54, 1.807) is 86.8 Å². The number of sulfonamides is 2. The van der Waals surface area contributed by atoms with Crippen LogP contribution in [0.15, 0.2) is 124 Å². The van der Waals surface area contributed by atoms with Gasteiger partial charge in [0.1, 0.15) is 18.0 Å². The number of nitrogens with zero attached hydrogens (tertiary/aromatic N) is 3. The normalized spacial score (nSPS) is 11.5. The van der Waals surface area contributed by atoms with Crippen LogP contribution in [0.3, 0.4) is 0 Å². The van der Waals surface area contributed by atoms with E-state index in [2.05, 4.69) is 10.0 Å². The topological polar surface area (TPSA) is 149 Å². The highest BCUT2D eigenvalue weighted by Gasteiger charge is 2.33. The molecule has 0 bridgehead atoms. The first-order chi connectivity index (χ1) is 21.9. The molecule has 14 heteroatoms. The van der Waals surface area contributed by atoms with E-state index in [1.807, 2.05) is 0 Å². The van der Waals surface area contributed by atoms with Crippen LogP contribution in [0.2, 0.25) is 0 Å². The number of para-hydroxylation sites is 1. The Bertz CT molecular complexity index is 2130. The number of methoxy groups -OCH3 is 1. The Kier molecular flexibility index (Phi) is 9.03. The van der Waals surface area contributed by atoms with Crippen LogP contribution in [-0.4, -0.2) is 45.8 Å². The van der Waals surface area contributed by atoms with Crippen molar-refractivity contribution in [3.8, 4) is 11.4 Å². The molecule has 0 radical (unpaired) electrons. The van der Waals surface area contributed by atoms with Crippen molar-refractivity contribution in [2.45, 2.75) is 16.7 Å². The molecule has 4 aromatic carbocycles. The Morgan fingerprint density at radius 3 is 1.93 bits per heavy atom. The van der Waals surface area contributed by atoms with E-state index >= 15 is 0 Å². The van der Waals surface area contributed by atoms with Crippen LogP contribution < -0.4 is 24.6 Å². The third kappa shape index (κ3) is 6.53. The minimum absolute atomic E-state index is 0.0593. The van der Waals surface area contributed by atoms with Gasteiger partial charge in [-0.2, -0.15) is 0 Å². The molecule has 1 aromatic heterocycles. The molecule has 0 aliphatic heterocycles. The van der Waals surface area contributed by atoms with Gasteiger partial charge in [0.25, 0.3) is 25.6 Å². The van der Waals surface area contributed by atoms with E-state index in [9.17, 15) is 26.4 Å². The molecule has 0 saturated heterocycles. The fourth-order valence-electron chi connectivity index (χ4n) is 4.77. The van der Waals surface area contributed by atoms with Gasteiger partial charge in [0, 0.05) is 18.4 Å². The lowest BCUT2D eigenvalue weighted by Crippen LogP contribution is -2.41. The van der Waals surface area contributed by atoms with Gasteiger partial charge in [-0.3, -0.25) is 19.0 Å². The van der Waals surface area contributed by atoms with E-state index in [0.29, 0.717) is 22.8 Å². The van der Waals surface area contributed by atoms with Crippen molar-refractivity contribution < 1.29 is 26.4 Å². The summed E-state index contributed by atoms with van der Waals surface area (Å²) in [5.74, 6) is -0.178. The van der Waals surface area contributed by atoms with Crippen LogP contribution in [0.4, 0.5) is 17.1 Å². The summed E-state index contributed by atoms with van der Waals surface area (Å²) in [7, 11) is -5.20. The van der Waals surface area contributed by atoms with Crippen LogP contribution in [0, 0.1) is 6.92 Å². The van der Waals surface area contributed by atoms with Crippen LogP contribution in [-0.2, 0) is 31.9 Å². The highest BCUT2D eigenvalue weighted by atomic mass is 32.2. The lowest BCUT2D eigenvalue weighted by Gasteiger charge is -2.23. The van der Waals surface area contributed by atoms with Crippen LogP contribution in [0.25, 0.3) is 5.69 Å². The number of ether oxygens (including phenoxy) is 1. The number of aromatic nitrogens is 2. The number of carbonyl (C=O) groups excluding carboxylic acids is 1. The van der Waals surface area contributed by atoms with E-state index < -0.39 is 38.1 Å². The molecule has 5 rings (SSSR count). The zero-order chi connectivity index (χ0) is 33.1. The molecule has 5 aromatic rings. The van der Waals surface area contributed by atoms with Crippen LogP contribution in [0.1, 0.15) is 5.69 Å². The van der Waals surface area contributed by atoms with E-state index in [1.165, 1.54) is 52.9 Å². The van der Waals surface area contributed by atoms with Gasteiger partial charge in [-0.25, -0.2) is 25.8 Å². The van der Waals surface area contributed by atoms with E-state index in [4.69, 9.17) is 4.74 Å². The van der Waals surface area contributed by atoms with E-state index in [-0.39, 0.29) is 21.2 Å². The van der Waals surface area contributed by atoms with E-state index in [0.717, 1.165) is 4.31 Å². The van der Waals surface area contributed by atoms with Gasteiger partial charge in [0.05, 0.1) is 28.3 Å². The average Bonchev–Trinajstić information content (AvgIpc) is 3.27. The van der Waals surface area contributed by atoms with Crippen molar-refractivity contribution in [2.75, 3.05) is 28.0 Å². The second-order valence-corrected chi connectivity index (χ2v) is 13.7. The Hall–Kier alpha value is -5.34. The van der Waals surface area contributed by atoms with Crippen molar-refractivity contribution in [3.63, 3.8) is 0 Å². The zero-order valence-corrected chi connectivity index (χ0v) is 26.7. The maximum atomic E-state index is 13.9. The maximum absolute atomic E-state index is 13.9. The fourth-order valence-corrected chi connectivity index (χ4v) is 7.32. The Morgan fingerprint density at radius 2 is 1.35 bits per heavy atom. The molecule has 0 unspecified atom stereocenters. The number of carbonyl (C=O) groups is 1. The Morgan fingerprint density at radius 1 is 0.783 bits per heavy atom. The summed E-state index contributed by atoms with van der Waals surface area (Å²) in [5, 5.41) is 2.61. The third-order valence-electron chi connectivity index (χ3n) is 7.18. The summed E-state index contributed by atoms with van der Waals surface area (Å²) in [6.45, 7) is 0.867. The van der Waals surface area contributed by atoms with Crippen molar-refractivity contribution in [3.05, 3.63) is 125 Å². The summed E-state index contributed by atoms with van der Waals surface area (Å²) < 4.78 is 64.9. The maximum Gasteiger partial charge on any atom is 0.296 e. The summed E-state index contributed by atoms with van der Waals surface area (Å²) in [6.07, 6.45) is 0. The van der Waals surface area contributed by atoms with Crippen LogP contribution >= 0.6 is 0 Å². The highest BCUT2D eigenvalue weighted by Crippen LogP contribution is 2.26. The number of rotatable bonds is 11. The molecule has 0 atom stereocenters. The molecule has 0 spiro atoms. The molecule has 238 valence electrons. The summed E-state index contributed by atoms with van der Waals surface area (Å²) in [5.41, 5.74) is 0.577. The monoisotopic (exact) mass is 661 g/mol. The van der Waals surface area contributed by atoms with Gasteiger partial charge in [-0.1, -0.05) is 36.4 Å². The first-order valence-electron chi connectivity index (χ1n) is 13.9. The minimum Gasteiger partial charge on any atom is -0.497 e. The lowest BCUT2D eigenvalue weighted by atomic mass is 10.3. The Balaban J connectivity index is 1.43. The number of anilines is 3. The standard InChI is InChI=1S/C32H31N5O7S2/c1-23-31(32(39)37(35(23)2)26-10-6-4-7-11-26)36(46(42,43)29-12-8-5-9-13-29)22-30(38)33-24-16-20-28(21-17-24)45(40,41)34-25-14-18-27(44-3)19-15-25/h4-21,34H,22H2,1-3H3,(H,33,38). The lowest BCUT2D eigenvalue weighted by molar-refractivity contribution is -0.114. The number of hydrogen-bond donors (Lipinski definition) is 2. The smallest absolute Gasteiger partial charge is 0.296 e. The second kappa shape index (κ2) is 12.9. The molecule has 46 heavy (non-hydrogen) atoms. The zero-order valence-electron chi connectivity index (χ0n) is 25.1. The van der Waals surface area contributed by atoms with Crippen molar-refractivity contribution in [2.24, 2.45) is 7.05 Å². The van der Waals surface area contributed by atoms with Crippen molar-refractivity contribution in [1.29, 1.82) is 0 Å². The molecule has 0 fully saturated rings. The predicted molar refractivity (Wildman–Crippen MR) is 176 cm³/mol. The van der Waals surface area contributed by atoms with Gasteiger partial charge in [-0.15, -0.1) is 0 Å². The first-order valence-corrected chi connectivity index (χ1v) is 16.8. The minimum atomic E-state index is -4.38. The third-order valence-corrected chi connectivity index (χ3v) is 10.3. The average molecular weight is 662 g/mol. The Labute approximate surface area is 266 Å². The van der Waals surface area contributed by atoms with Gasteiger partial charge in [-0.05, 0) is 79.7 Å². The molecule has 12 nitrogen and oxygen atoms in total. The second-order valence-electron chi connectivity index (χ2n) is 10.1. The largest absolute Gasteiger partial charge is 0.497 e. The quantitative estimate of drug-likeness (QED) is 0.216. The predicted octanol–water partition coefficient (Wildman–Crippen LogP) is 4.13. The summed E-state index contributed by atoms with van der Waals surface area (Å²) in [4.78, 5) is 27.0. The molecular formula is C32H31N5O7S2. The van der Waals surface area contributed by atoms with Crippen molar-refractivity contribution in [1.82, 2.24) is 9.36 Å². The number of nitrogens with one attached hydrogen (secondary N) is 2. The molecule has 0 aliphatic carbocycles. The number of benzene rings is 4. The van der Waals surface area contributed by atoms with Gasteiger partial charge < -0.3 is 10.1 Å². The molecule has 1 heterocycles. The SMILES string of the molecule is COc1ccc(NS(=O)(=O)c2ccc(NC(=O)CN(c3c(C)n(C)n(-c4ccccc4)c3=O)S(=O)(=O)c3ccccc3)cc2)cc1. The number of hydrogen-bond acceptors (Lipinski definition) is 7. The van der Waals surface area contributed by atoms with Gasteiger partial charge in [0.2, 0.25) is 5.91 Å². The molecule has 1 amide bonds. The van der Waals surface area contributed by atoms with Gasteiger partial charge in [0.15, 0.2) is 0 Å². The molecular weight excluding hydrogens is 631 g/mol.